The second-order valence-electron chi connectivity index (χ2n) is 8.94. The van der Waals surface area contributed by atoms with Crippen molar-refractivity contribution in [2.75, 3.05) is 44.2 Å². The van der Waals surface area contributed by atoms with Crippen LogP contribution in [0.25, 0.3) is 26.4 Å². The second kappa shape index (κ2) is 10.2. The van der Waals surface area contributed by atoms with Crippen molar-refractivity contribution in [3.8, 4) is 11.3 Å². The number of rotatable bonds is 9. The van der Waals surface area contributed by atoms with Crippen molar-refractivity contribution in [1.82, 2.24) is 19.6 Å². The van der Waals surface area contributed by atoms with Gasteiger partial charge in [0, 0.05) is 42.6 Å². The molecule has 1 saturated heterocycles. The van der Waals surface area contributed by atoms with Gasteiger partial charge in [-0.05, 0) is 69.2 Å². The second-order valence-corrected chi connectivity index (χ2v) is 9.95. The quantitative estimate of drug-likeness (QED) is 0.335. The van der Waals surface area contributed by atoms with Crippen LogP contribution in [0.1, 0.15) is 43.5 Å². The van der Waals surface area contributed by atoms with Crippen LogP contribution in [-0.4, -0.2) is 59.5 Å². The van der Waals surface area contributed by atoms with Crippen LogP contribution in [0.5, 0.6) is 0 Å². The summed E-state index contributed by atoms with van der Waals surface area (Å²) >= 11 is 1.63. The Morgan fingerprint density at radius 3 is 2.74 bits per heavy atom. The molecule has 1 N–H and O–H groups in total. The topological polar surface area (TPSA) is 52.9 Å². The molecule has 5 rings (SSSR count). The molecule has 0 atom stereocenters. The van der Waals surface area contributed by atoms with Gasteiger partial charge in [-0.25, -0.2) is 4.98 Å². The number of thiazole rings is 1. The smallest absolute Gasteiger partial charge is 0.251 e. The van der Waals surface area contributed by atoms with Gasteiger partial charge in [0.1, 0.15) is 0 Å². The van der Waals surface area contributed by atoms with Gasteiger partial charge in [-0.3, -0.25) is 9.20 Å². The average molecular weight is 476 g/mol. The van der Waals surface area contributed by atoms with Gasteiger partial charge in [0.05, 0.1) is 15.9 Å². The largest absolute Gasteiger partial charge is 0.372 e. The molecule has 3 heterocycles. The summed E-state index contributed by atoms with van der Waals surface area (Å²) in [5.74, 6) is -0.00750. The Hall–Kier alpha value is -2.90. The Bertz CT molecular complexity index is 1280. The fraction of sp³-hybridized carbons (Fsp3) is 0.407. The van der Waals surface area contributed by atoms with E-state index < -0.39 is 0 Å². The Morgan fingerprint density at radius 2 is 1.94 bits per heavy atom. The standard InChI is InChI=1S/C27H33N5OS/c1-3-30(4-2)14-8-13-28-26(33)21-11-12-24-25(18-21)34-27-29-23(19-32(24)27)20-9-7-10-22(17-20)31-15-5-6-16-31/h7,9-12,17-19H,3-6,8,13-16H2,1-2H3,(H,28,33). The zero-order valence-electron chi connectivity index (χ0n) is 20.1. The van der Waals surface area contributed by atoms with Gasteiger partial charge in [-0.15, -0.1) is 0 Å². The maximum Gasteiger partial charge on any atom is 0.251 e. The van der Waals surface area contributed by atoms with E-state index in [2.05, 4.69) is 63.8 Å². The average Bonchev–Trinajstić information content (AvgIpc) is 3.60. The first-order valence-electron chi connectivity index (χ1n) is 12.4. The van der Waals surface area contributed by atoms with Crippen LogP contribution in [0.2, 0.25) is 0 Å². The lowest BCUT2D eigenvalue weighted by atomic mass is 10.1. The number of hydrogen-bond donors (Lipinski definition) is 1. The fourth-order valence-electron chi connectivity index (χ4n) is 4.77. The highest BCUT2D eigenvalue weighted by atomic mass is 32.1. The maximum atomic E-state index is 12.7. The molecular formula is C27H33N5OS. The molecule has 0 unspecified atom stereocenters. The molecule has 1 fully saturated rings. The van der Waals surface area contributed by atoms with Gasteiger partial charge in [-0.2, -0.15) is 0 Å². The summed E-state index contributed by atoms with van der Waals surface area (Å²) in [6.07, 6.45) is 5.62. The van der Waals surface area contributed by atoms with Crippen LogP contribution in [0, 0.1) is 0 Å². The van der Waals surface area contributed by atoms with Gasteiger partial charge in [-0.1, -0.05) is 37.3 Å². The molecule has 0 aliphatic carbocycles. The SMILES string of the molecule is CCN(CC)CCCNC(=O)c1ccc2c(c1)sc1nc(-c3cccc(N4CCCC4)c3)cn12. The van der Waals surface area contributed by atoms with Gasteiger partial charge < -0.3 is 15.1 Å². The molecule has 1 aliphatic heterocycles. The lowest BCUT2D eigenvalue weighted by Crippen LogP contribution is -2.29. The number of amides is 1. The molecule has 1 aliphatic rings. The van der Waals surface area contributed by atoms with E-state index in [0.29, 0.717) is 12.1 Å². The predicted octanol–water partition coefficient (Wildman–Crippen LogP) is 5.28. The van der Waals surface area contributed by atoms with Gasteiger partial charge in [0.25, 0.3) is 5.91 Å². The van der Waals surface area contributed by atoms with Crippen molar-refractivity contribution in [3.63, 3.8) is 0 Å². The van der Waals surface area contributed by atoms with Gasteiger partial charge in [0.15, 0.2) is 4.96 Å². The summed E-state index contributed by atoms with van der Waals surface area (Å²) in [6, 6.07) is 14.7. The van der Waals surface area contributed by atoms with Crippen LogP contribution in [0.4, 0.5) is 5.69 Å². The Labute approximate surface area is 205 Å². The summed E-state index contributed by atoms with van der Waals surface area (Å²) in [5, 5.41) is 3.07. The molecule has 7 heteroatoms. The molecule has 0 spiro atoms. The van der Waals surface area contributed by atoms with E-state index in [0.717, 1.165) is 65.6 Å². The van der Waals surface area contributed by atoms with E-state index in [1.54, 1.807) is 11.3 Å². The highest BCUT2D eigenvalue weighted by Gasteiger charge is 2.16. The zero-order chi connectivity index (χ0) is 23.5. The van der Waals surface area contributed by atoms with E-state index in [4.69, 9.17) is 4.98 Å². The summed E-state index contributed by atoms with van der Waals surface area (Å²) in [5.41, 5.74) is 5.22. The summed E-state index contributed by atoms with van der Waals surface area (Å²) < 4.78 is 3.22. The summed E-state index contributed by atoms with van der Waals surface area (Å²) in [6.45, 7) is 10.4. The first-order valence-corrected chi connectivity index (χ1v) is 13.3. The fourth-order valence-corrected chi connectivity index (χ4v) is 5.81. The summed E-state index contributed by atoms with van der Waals surface area (Å²) in [4.78, 5) is 23.3. The number of fused-ring (bicyclic) bond motifs is 3. The number of anilines is 1. The number of nitrogens with one attached hydrogen (secondary N) is 1. The number of aromatic nitrogens is 2. The van der Waals surface area contributed by atoms with Crippen LogP contribution < -0.4 is 10.2 Å². The molecule has 0 radical (unpaired) electrons. The third-order valence-corrected chi connectivity index (χ3v) is 7.82. The van der Waals surface area contributed by atoms with E-state index in [9.17, 15) is 4.79 Å². The number of imidazole rings is 1. The zero-order valence-corrected chi connectivity index (χ0v) is 20.9. The normalized spacial score (nSPS) is 14.0. The highest BCUT2D eigenvalue weighted by molar-refractivity contribution is 7.23. The molecule has 4 aromatic rings. The van der Waals surface area contributed by atoms with Gasteiger partial charge >= 0.3 is 0 Å². The van der Waals surface area contributed by atoms with Crippen molar-refractivity contribution in [3.05, 3.63) is 54.2 Å². The number of benzene rings is 2. The summed E-state index contributed by atoms with van der Waals surface area (Å²) in [7, 11) is 0. The monoisotopic (exact) mass is 475 g/mol. The van der Waals surface area contributed by atoms with Crippen LogP contribution in [0.15, 0.2) is 48.7 Å². The van der Waals surface area contributed by atoms with E-state index >= 15 is 0 Å². The lowest BCUT2D eigenvalue weighted by molar-refractivity contribution is 0.0952. The van der Waals surface area contributed by atoms with Crippen molar-refractivity contribution in [2.45, 2.75) is 33.1 Å². The molecule has 34 heavy (non-hydrogen) atoms. The maximum absolute atomic E-state index is 12.7. The molecule has 0 bridgehead atoms. The minimum Gasteiger partial charge on any atom is -0.372 e. The lowest BCUT2D eigenvalue weighted by Gasteiger charge is -2.17. The first-order chi connectivity index (χ1) is 16.7. The molecule has 2 aromatic carbocycles. The van der Waals surface area contributed by atoms with E-state index in [-0.39, 0.29) is 5.91 Å². The minimum absolute atomic E-state index is 0.00750. The number of hydrogen-bond acceptors (Lipinski definition) is 5. The molecular weight excluding hydrogens is 442 g/mol. The Balaban J connectivity index is 1.30. The molecule has 0 saturated carbocycles. The van der Waals surface area contributed by atoms with Crippen molar-refractivity contribution in [1.29, 1.82) is 0 Å². The van der Waals surface area contributed by atoms with Crippen molar-refractivity contribution >= 4 is 38.1 Å². The first kappa shape index (κ1) is 22.9. The third kappa shape index (κ3) is 4.68. The number of carbonyl (C=O) groups excluding carboxylic acids is 1. The van der Waals surface area contributed by atoms with Crippen LogP contribution >= 0.6 is 11.3 Å². The number of carbonyl (C=O) groups is 1. The van der Waals surface area contributed by atoms with Crippen molar-refractivity contribution < 1.29 is 4.79 Å². The van der Waals surface area contributed by atoms with Crippen LogP contribution in [-0.2, 0) is 0 Å². The molecule has 6 nitrogen and oxygen atoms in total. The molecule has 178 valence electrons. The van der Waals surface area contributed by atoms with Gasteiger partial charge in [0.2, 0.25) is 0 Å². The number of nitrogens with zero attached hydrogens (tertiary/aromatic N) is 4. The Morgan fingerprint density at radius 1 is 1.12 bits per heavy atom. The minimum atomic E-state index is -0.00750. The Kier molecular flexibility index (Phi) is 6.83. The third-order valence-electron chi connectivity index (χ3n) is 6.80. The van der Waals surface area contributed by atoms with E-state index in [1.807, 2.05) is 18.2 Å². The molecule has 1 amide bonds. The van der Waals surface area contributed by atoms with Crippen molar-refractivity contribution in [2.24, 2.45) is 0 Å². The van der Waals surface area contributed by atoms with Crippen LogP contribution in [0.3, 0.4) is 0 Å². The van der Waals surface area contributed by atoms with E-state index in [1.165, 1.54) is 18.5 Å². The molecule has 2 aromatic heterocycles. The highest BCUT2D eigenvalue weighted by Crippen LogP contribution is 2.32. The predicted molar refractivity (Wildman–Crippen MR) is 142 cm³/mol.